The van der Waals surface area contributed by atoms with Gasteiger partial charge in [0.25, 0.3) is 0 Å². The molecule has 6 heteroatoms. The summed E-state index contributed by atoms with van der Waals surface area (Å²) in [5.74, 6) is 1.14. The third kappa shape index (κ3) is 6.14. The van der Waals surface area contributed by atoms with E-state index in [0.29, 0.717) is 47.6 Å². The Morgan fingerprint density at radius 3 is 2.29 bits per heavy atom. The van der Waals surface area contributed by atoms with Gasteiger partial charge in [-0.3, -0.25) is 4.90 Å². The maximum Gasteiger partial charge on any atom is 0.179 e. The van der Waals surface area contributed by atoms with Crippen molar-refractivity contribution < 1.29 is 14.6 Å². The molecule has 164 valence electrons. The quantitative estimate of drug-likeness (QED) is 0.416. The highest BCUT2D eigenvalue weighted by molar-refractivity contribution is 6.33. The second kappa shape index (κ2) is 11.4. The molecule has 0 aromatic heterocycles. The molecular weight excluding hydrogens is 433 g/mol. The molecule has 1 unspecified atom stereocenters. The molecule has 0 saturated carbocycles. The lowest BCUT2D eigenvalue weighted by molar-refractivity contribution is 0.110. The van der Waals surface area contributed by atoms with E-state index in [1.165, 1.54) is 5.56 Å². The first-order valence-electron chi connectivity index (χ1n) is 10.1. The number of halogens is 2. The van der Waals surface area contributed by atoms with Crippen molar-refractivity contribution in [3.05, 3.63) is 93.5 Å². The van der Waals surface area contributed by atoms with E-state index in [9.17, 15) is 5.11 Å². The van der Waals surface area contributed by atoms with E-state index < -0.39 is 6.10 Å². The lowest BCUT2D eigenvalue weighted by atomic mass is 10.1. The van der Waals surface area contributed by atoms with Crippen LogP contribution >= 0.6 is 23.2 Å². The van der Waals surface area contributed by atoms with E-state index in [4.69, 9.17) is 32.7 Å². The molecule has 31 heavy (non-hydrogen) atoms. The van der Waals surface area contributed by atoms with Gasteiger partial charge in [-0.25, -0.2) is 0 Å². The number of nitrogens with zero attached hydrogens (tertiary/aromatic N) is 1. The van der Waals surface area contributed by atoms with Gasteiger partial charge in [0.05, 0.1) is 25.3 Å². The summed E-state index contributed by atoms with van der Waals surface area (Å²) < 4.78 is 10.7. The topological polar surface area (TPSA) is 41.9 Å². The van der Waals surface area contributed by atoms with Crippen LogP contribution in [0.1, 0.15) is 22.8 Å². The van der Waals surface area contributed by atoms with Crippen molar-refractivity contribution in [1.82, 2.24) is 4.90 Å². The highest BCUT2D eigenvalue weighted by atomic mass is 35.5. The summed E-state index contributed by atoms with van der Waals surface area (Å²) in [5, 5.41) is 12.0. The molecule has 4 nitrogen and oxygen atoms in total. The molecular formula is C25H27Cl2NO3. The Balaban J connectivity index is 1.78. The average Bonchev–Trinajstić information content (AvgIpc) is 2.78. The van der Waals surface area contributed by atoms with Crippen molar-refractivity contribution >= 4 is 23.2 Å². The molecule has 0 spiro atoms. The van der Waals surface area contributed by atoms with Gasteiger partial charge in [-0.1, -0.05) is 77.8 Å². The Morgan fingerprint density at radius 2 is 1.61 bits per heavy atom. The number of aliphatic hydroxyl groups is 1. The Bertz CT molecular complexity index is 982. The minimum atomic E-state index is -0.696. The van der Waals surface area contributed by atoms with Gasteiger partial charge >= 0.3 is 0 Å². The van der Waals surface area contributed by atoms with Gasteiger partial charge in [-0.2, -0.15) is 0 Å². The molecule has 0 fully saturated rings. The van der Waals surface area contributed by atoms with E-state index >= 15 is 0 Å². The van der Waals surface area contributed by atoms with Crippen molar-refractivity contribution in [1.29, 1.82) is 0 Å². The van der Waals surface area contributed by atoms with Crippen LogP contribution in [0.15, 0.2) is 66.7 Å². The molecule has 0 aliphatic heterocycles. The Kier molecular flexibility index (Phi) is 8.61. The van der Waals surface area contributed by atoms with Gasteiger partial charge in [0.2, 0.25) is 0 Å². The fraction of sp³-hybridized carbons (Fsp3) is 0.280. The molecule has 3 rings (SSSR count). The third-order valence-corrected chi connectivity index (χ3v) is 5.97. The molecule has 1 N–H and O–H groups in total. The lowest BCUT2D eigenvalue weighted by Gasteiger charge is -2.26. The summed E-state index contributed by atoms with van der Waals surface area (Å²) in [4.78, 5) is 2.20. The predicted molar refractivity (Wildman–Crippen MR) is 126 cm³/mol. The van der Waals surface area contributed by atoms with Crippen molar-refractivity contribution in [2.75, 3.05) is 27.3 Å². The van der Waals surface area contributed by atoms with Crippen molar-refractivity contribution in [3.63, 3.8) is 0 Å². The summed E-state index contributed by atoms with van der Waals surface area (Å²) in [6.45, 7) is 1.85. The fourth-order valence-electron chi connectivity index (χ4n) is 3.57. The molecule has 0 aliphatic rings. The average molecular weight is 460 g/mol. The fourth-order valence-corrected chi connectivity index (χ4v) is 4.16. The normalized spacial score (nSPS) is 12.1. The number of benzene rings is 3. The minimum absolute atomic E-state index is 0.448. The van der Waals surface area contributed by atoms with Gasteiger partial charge in [0, 0.05) is 30.2 Å². The minimum Gasteiger partial charge on any atom is -0.493 e. The zero-order chi connectivity index (χ0) is 22.2. The van der Waals surface area contributed by atoms with Crippen LogP contribution in [0.3, 0.4) is 0 Å². The van der Waals surface area contributed by atoms with Crippen LogP contribution in [0.2, 0.25) is 10.0 Å². The van der Waals surface area contributed by atoms with Crippen LogP contribution in [-0.4, -0.2) is 37.3 Å². The number of aliphatic hydroxyl groups excluding tert-OH is 1. The Hall–Kier alpha value is -2.24. The molecule has 1 atom stereocenters. The van der Waals surface area contributed by atoms with Crippen molar-refractivity contribution in [2.45, 2.75) is 19.1 Å². The van der Waals surface area contributed by atoms with Crippen molar-refractivity contribution in [2.24, 2.45) is 0 Å². The zero-order valence-electron chi connectivity index (χ0n) is 17.7. The first-order valence-corrected chi connectivity index (χ1v) is 10.9. The molecule has 0 bridgehead atoms. The largest absolute Gasteiger partial charge is 0.493 e. The van der Waals surface area contributed by atoms with Gasteiger partial charge < -0.3 is 14.6 Å². The Morgan fingerprint density at radius 1 is 0.903 bits per heavy atom. The predicted octanol–water partition coefficient (Wildman–Crippen LogP) is 5.79. The molecule has 0 saturated heterocycles. The maximum atomic E-state index is 10.9. The van der Waals surface area contributed by atoms with E-state index in [0.717, 1.165) is 11.1 Å². The van der Waals surface area contributed by atoms with Crippen LogP contribution < -0.4 is 9.47 Å². The highest BCUT2D eigenvalue weighted by Gasteiger charge is 2.18. The first kappa shape index (κ1) is 23.4. The number of methoxy groups -OCH3 is 2. The van der Waals surface area contributed by atoms with Crippen LogP contribution in [0.4, 0.5) is 0 Å². The SMILES string of the molecule is COc1ccc(CCN(Cc2ccccc2)CC(O)c2ccccc2Cl)c(Cl)c1OC. The molecule has 0 aliphatic carbocycles. The third-order valence-electron chi connectivity index (χ3n) is 5.21. The standard InChI is InChI=1S/C25H27Cl2NO3/c1-30-23-13-12-19(24(27)25(23)31-2)14-15-28(16-18-8-4-3-5-9-18)17-22(29)20-10-6-7-11-21(20)26/h3-13,22,29H,14-17H2,1-2H3. The molecule has 0 amide bonds. The summed E-state index contributed by atoms with van der Waals surface area (Å²) in [6.07, 6.45) is -0.000332. The van der Waals surface area contributed by atoms with Crippen LogP contribution in [0.25, 0.3) is 0 Å². The second-order valence-electron chi connectivity index (χ2n) is 7.28. The van der Waals surface area contributed by atoms with Gasteiger partial charge in [0.1, 0.15) is 0 Å². The smallest absolute Gasteiger partial charge is 0.179 e. The zero-order valence-corrected chi connectivity index (χ0v) is 19.2. The van der Waals surface area contributed by atoms with Crippen LogP contribution in [-0.2, 0) is 13.0 Å². The Labute approximate surface area is 193 Å². The molecule has 0 radical (unpaired) electrons. The summed E-state index contributed by atoms with van der Waals surface area (Å²) in [5.41, 5.74) is 2.86. The van der Waals surface area contributed by atoms with E-state index in [2.05, 4.69) is 17.0 Å². The number of hydrogen-bond acceptors (Lipinski definition) is 4. The summed E-state index contributed by atoms with van der Waals surface area (Å²) in [7, 11) is 3.17. The van der Waals surface area contributed by atoms with Crippen LogP contribution in [0, 0.1) is 0 Å². The lowest BCUT2D eigenvalue weighted by Crippen LogP contribution is -2.30. The highest BCUT2D eigenvalue weighted by Crippen LogP contribution is 2.37. The van der Waals surface area contributed by atoms with Gasteiger partial charge in [-0.05, 0) is 29.7 Å². The summed E-state index contributed by atoms with van der Waals surface area (Å²) >= 11 is 12.9. The van der Waals surface area contributed by atoms with Gasteiger partial charge in [0.15, 0.2) is 11.5 Å². The monoisotopic (exact) mass is 459 g/mol. The second-order valence-corrected chi connectivity index (χ2v) is 8.07. The first-order chi connectivity index (χ1) is 15.0. The molecule has 0 heterocycles. The summed E-state index contributed by atoms with van der Waals surface area (Å²) in [6, 6.07) is 21.4. The molecule has 3 aromatic rings. The van der Waals surface area contributed by atoms with E-state index in [-0.39, 0.29) is 0 Å². The number of rotatable bonds is 10. The van der Waals surface area contributed by atoms with E-state index in [1.807, 2.05) is 48.5 Å². The van der Waals surface area contributed by atoms with E-state index in [1.54, 1.807) is 20.3 Å². The number of hydrogen-bond donors (Lipinski definition) is 1. The number of ether oxygens (including phenoxy) is 2. The van der Waals surface area contributed by atoms with Crippen LogP contribution in [0.5, 0.6) is 11.5 Å². The molecule has 3 aromatic carbocycles. The maximum absolute atomic E-state index is 10.9. The van der Waals surface area contributed by atoms with Crippen molar-refractivity contribution in [3.8, 4) is 11.5 Å². The van der Waals surface area contributed by atoms with Gasteiger partial charge in [-0.15, -0.1) is 0 Å².